The predicted octanol–water partition coefficient (Wildman–Crippen LogP) is 26.0. The molecule has 0 radical (unpaired) electrons. The van der Waals surface area contributed by atoms with Crippen LogP contribution in [0.15, 0.2) is 0 Å². The largest absolute Gasteiger partial charge is 0.472 e. The van der Waals surface area contributed by atoms with E-state index in [4.69, 9.17) is 37.0 Å². The normalized spacial score (nSPS) is 13.8. The Morgan fingerprint density at radius 1 is 0.260 bits per heavy atom. The second kappa shape index (κ2) is 77.8. The number of rotatable bonds is 85. The number of ether oxygens (including phenoxy) is 4. The number of carbonyl (C=O) groups excluding carboxylic acids is 4. The molecule has 0 aromatic rings. The SMILES string of the molecule is CCCCCCCCCCCCCCCCCCCCCCCCC(=O)O[C@H](COC(=O)CCCCCCCCCCCCCCCCCCCCC)COP(=O)(O)OC[C@@H](O)COP(=O)(O)OC[C@@H](COC(=O)CCCCCCCCCCC)OC(=O)CCCCCCCCCCCCCC(C)C. The summed E-state index contributed by atoms with van der Waals surface area (Å²) in [6, 6.07) is 0. The summed E-state index contributed by atoms with van der Waals surface area (Å²) in [4.78, 5) is 73.1. The highest BCUT2D eigenvalue weighted by atomic mass is 31.2. The number of aliphatic hydroxyl groups excluding tert-OH is 1. The summed E-state index contributed by atoms with van der Waals surface area (Å²) in [7, 11) is -9.92. The Morgan fingerprint density at radius 2 is 0.442 bits per heavy atom. The van der Waals surface area contributed by atoms with Crippen molar-refractivity contribution in [3.63, 3.8) is 0 Å². The molecule has 0 rings (SSSR count). The van der Waals surface area contributed by atoms with Gasteiger partial charge in [-0.2, -0.15) is 0 Å². The van der Waals surface area contributed by atoms with Crippen LogP contribution in [0.2, 0.25) is 0 Å². The van der Waals surface area contributed by atoms with E-state index in [1.165, 1.54) is 283 Å². The predicted molar refractivity (Wildman–Crippen MR) is 428 cm³/mol. The first-order valence-corrected chi connectivity index (χ1v) is 47.1. The second-order valence-corrected chi connectivity index (χ2v) is 34.0. The maximum absolute atomic E-state index is 13.1. The van der Waals surface area contributed by atoms with Crippen LogP contribution in [0, 0.1) is 5.92 Å². The van der Waals surface area contributed by atoms with Gasteiger partial charge in [-0.05, 0) is 31.6 Å². The zero-order valence-electron chi connectivity index (χ0n) is 68.2. The number of aliphatic hydroxyl groups is 1. The van der Waals surface area contributed by atoms with Gasteiger partial charge in [-0.3, -0.25) is 37.3 Å². The molecule has 0 fully saturated rings. The van der Waals surface area contributed by atoms with Crippen LogP contribution in [-0.4, -0.2) is 96.7 Å². The highest BCUT2D eigenvalue weighted by molar-refractivity contribution is 7.47. The molecule has 0 bridgehead atoms. The highest BCUT2D eigenvalue weighted by Crippen LogP contribution is 2.45. The maximum Gasteiger partial charge on any atom is 0.472 e. The van der Waals surface area contributed by atoms with Gasteiger partial charge in [0, 0.05) is 25.7 Å². The van der Waals surface area contributed by atoms with Crippen molar-refractivity contribution in [2.45, 2.75) is 477 Å². The number of hydrogen-bond donors (Lipinski definition) is 3. The Hall–Kier alpha value is -1.94. The third-order valence-corrected chi connectivity index (χ3v) is 21.9. The summed E-state index contributed by atoms with van der Waals surface area (Å²) in [6.07, 6.45) is 71.0. The lowest BCUT2D eigenvalue weighted by Crippen LogP contribution is -2.30. The molecule has 0 saturated heterocycles. The lowest BCUT2D eigenvalue weighted by molar-refractivity contribution is -0.161. The van der Waals surface area contributed by atoms with E-state index in [9.17, 15) is 43.2 Å². The Balaban J connectivity index is 5.19. The van der Waals surface area contributed by atoms with Gasteiger partial charge in [0.1, 0.15) is 19.3 Å². The average molecular weight is 1520 g/mol. The quantitative estimate of drug-likeness (QED) is 0.0222. The molecule has 0 aliphatic heterocycles. The summed E-state index contributed by atoms with van der Waals surface area (Å²) in [5.74, 6) is -1.34. The fourth-order valence-electron chi connectivity index (χ4n) is 13.3. The molecule has 19 heteroatoms. The monoisotopic (exact) mass is 1520 g/mol. The van der Waals surface area contributed by atoms with Gasteiger partial charge in [0.2, 0.25) is 0 Å². The molecule has 0 aliphatic carbocycles. The van der Waals surface area contributed by atoms with E-state index < -0.39 is 97.5 Å². The molecular formula is C85H166O17P2. The zero-order chi connectivity index (χ0) is 76.2. The van der Waals surface area contributed by atoms with Crippen LogP contribution < -0.4 is 0 Å². The first kappa shape index (κ1) is 102. The van der Waals surface area contributed by atoms with Crippen LogP contribution >= 0.6 is 15.6 Å². The summed E-state index contributed by atoms with van der Waals surface area (Å²) in [5.41, 5.74) is 0. The third kappa shape index (κ3) is 78.2. The van der Waals surface area contributed by atoms with Gasteiger partial charge in [0.25, 0.3) is 0 Å². The molecule has 0 aromatic carbocycles. The summed E-state index contributed by atoms with van der Waals surface area (Å²) in [6.45, 7) is 7.33. The minimum absolute atomic E-state index is 0.107. The maximum atomic E-state index is 13.1. The van der Waals surface area contributed by atoms with Crippen LogP contribution in [0.3, 0.4) is 0 Å². The molecule has 17 nitrogen and oxygen atoms in total. The van der Waals surface area contributed by atoms with Gasteiger partial charge in [0.05, 0.1) is 26.4 Å². The molecule has 618 valence electrons. The molecule has 0 aliphatic rings. The van der Waals surface area contributed by atoms with Gasteiger partial charge in [0.15, 0.2) is 12.2 Å². The summed E-state index contributed by atoms with van der Waals surface area (Å²) >= 11 is 0. The first-order chi connectivity index (χ1) is 50.5. The van der Waals surface area contributed by atoms with Gasteiger partial charge >= 0.3 is 39.5 Å². The van der Waals surface area contributed by atoms with E-state index in [0.717, 1.165) is 95.8 Å². The molecule has 2 unspecified atom stereocenters. The number of phosphoric ester groups is 2. The fraction of sp³-hybridized carbons (Fsp3) is 0.953. The van der Waals surface area contributed by atoms with Crippen LogP contribution in [-0.2, 0) is 65.4 Å². The minimum Gasteiger partial charge on any atom is -0.462 e. The Bertz CT molecular complexity index is 1980. The summed E-state index contributed by atoms with van der Waals surface area (Å²) in [5, 5.41) is 10.7. The van der Waals surface area contributed by atoms with Crippen LogP contribution in [0.25, 0.3) is 0 Å². The number of phosphoric acid groups is 2. The fourth-order valence-corrected chi connectivity index (χ4v) is 14.9. The molecule has 0 heterocycles. The van der Waals surface area contributed by atoms with Gasteiger partial charge in [-0.1, -0.05) is 407 Å². The van der Waals surface area contributed by atoms with E-state index in [2.05, 4.69) is 34.6 Å². The van der Waals surface area contributed by atoms with Crippen LogP contribution in [0.1, 0.15) is 458 Å². The van der Waals surface area contributed by atoms with Crippen molar-refractivity contribution in [3.8, 4) is 0 Å². The van der Waals surface area contributed by atoms with Crippen molar-refractivity contribution >= 4 is 39.5 Å². The Morgan fingerprint density at radius 3 is 0.654 bits per heavy atom. The molecule has 0 aromatic heterocycles. The molecule has 0 amide bonds. The van der Waals surface area contributed by atoms with Crippen molar-refractivity contribution in [3.05, 3.63) is 0 Å². The van der Waals surface area contributed by atoms with Crippen molar-refractivity contribution in [1.82, 2.24) is 0 Å². The van der Waals surface area contributed by atoms with E-state index in [1.54, 1.807) is 0 Å². The molecule has 0 saturated carbocycles. The lowest BCUT2D eigenvalue weighted by Gasteiger charge is -2.21. The van der Waals surface area contributed by atoms with E-state index in [-0.39, 0.29) is 25.7 Å². The lowest BCUT2D eigenvalue weighted by atomic mass is 10.0. The Kier molecular flexibility index (Phi) is 76.3. The summed E-state index contributed by atoms with van der Waals surface area (Å²) < 4.78 is 68.8. The van der Waals surface area contributed by atoms with Crippen LogP contribution in [0.5, 0.6) is 0 Å². The van der Waals surface area contributed by atoms with Crippen LogP contribution in [0.4, 0.5) is 0 Å². The first-order valence-electron chi connectivity index (χ1n) is 44.1. The van der Waals surface area contributed by atoms with Gasteiger partial charge in [-0.15, -0.1) is 0 Å². The van der Waals surface area contributed by atoms with Crippen molar-refractivity contribution in [2.75, 3.05) is 39.6 Å². The smallest absolute Gasteiger partial charge is 0.462 e. The molecule has 0 spiro atoms. The van der Waals surface area contributed by atoms with Gasteiger partial charge in [-0.25, -0.2) is 9.13 Å². The second-order valence-electron chi connectivity index (χ2n) is 31.1. The molecule has 3 N–H and O–H groups in total. The molecule has 5 atom stereocenters. The number of carbonyl (C=O) groups is 4. The minimum atomic E-state index is -4.96. The zero-order valence-corrected chi connectivity index (χ0v) is 70.0. The van der Waals surface area contributed by atoms with Crippen molar-refractivity contribution in [1.29, 1.82) is 0 Å². The highest BCUT2D eigenvalue weighted by Gasteiger charge is 2.30. The number of unbranched alkanes of at least 4 members (excludes halogenated alkanes) is 57. The topological polar surface area (TPSA) is 237 Å². The third-order valence-electron chi connectivity index (χ3n) is 20.0. The van der Waals surface area contributed by atoms with E-state index in [0.29, 0.717) is 25.7 Å². The van der Waals surface area contributed by atoms with Gasteiger partial charge < -0.3 is 33.8 Å². The van der Waals surface area contributed by atoms with Crippen molar-refractivity contribution < 1.29 is 80.2 Å². The number of esters is 4. The van der Waals surface area contributed by atoms with E-state index in [1.807, 2.05) is 0 Å². The molecular weight excluding hydrogens is 1350 g/mol. The average Bonchev–Trinajstić information content (AvgIpc) is 0.903. The van der Waals surface area contributed by atoms with Crippen molar-refractivity contribution in [2.24, 2.45) is 5.92 Å². The molecule has 104 heavy (non-hydrogen) atoms. The number of hydrogen-bond acceptors (Lipinski definition) is 15. The Labute approximate surface area is 638 Å². The van der Waals surface area contributed by atoms with E-state index >= 15 is 0 Å². The standard InChI is InChI=1S/C85H166O17P2/c1-6-9-12-15-18-21-23-25-27-29-31-32-33-35-37-39-41-45-50-55-60-65-70-84(89)102-81(75-96-83(88)69-64-59-54-49-44-40-38-36-34-30-28-26-24-22-19-16-13-10-7-2)77-100-104(93,94)98-73-79(86)72-97-103(91,92)99-76-80(74-95-82(87)68-63-58-53-47-20-17-14-11-8-3)101-85(90)71-66-61-56-51-46-42-43-48-52-57-62-67-78(4)5/h78-81,86H,6-77H2,1-5H3,(H,91,92)(H,93,94)/t79-,80+,81+/m0/s1.